The third kappa shape index (κ3) is 5.24. The highest BCUT2D eigenvalue weighted by atomic mass is 19.4. The van der Waals surface area contributed by atoms with Crippen LogP contribution in [0.15, 0.2) is 30.0 Å². The van der Waals surface area contributed by atoms with Crippen molar-refractivity contribution in [2.24, 2.45) is 0 Å². The highest BCUT2D eigenvalue weighted by Gasteiger charge is 2.33. The van der Waals surface area contributed by atoms with Crippen LogP contribution in [0.25, 0.3) is 0 Å². The van der Waals surface area contributed by atoms with E-state index >= 15 is 0 Å². The molecule has 2 aliphatic heterocycles. The van der Waals surface area contributed by atoms with Crippen molar-refractivity contribution in [3.8, 4) is 0 Å². The number of alkyl halides is 3. The summed E-state index contributed by atoms with van der Waals surface area (Å²) in [5.41, 5.74) is 0.0880. The minimum Gasteiger partial charge on any atom is -0.379 e. The van der Waals surface area contributed by atoms with Gasteiger partial charge in [0.05, 0.1) is 18.3 Å². The number of carbonyl (C=O) groups is 1. The first-order chi connectivity index (χ1) is 15.3. The van der Waals surface area contributed by atoms with E-state index in [1.807, 2.05) is 6.08 Å². The number of hydrogen-bond donors (Lipinski definition) is 1. The number of pyridine rings is 1. The first-order valence-electron chi connectivity index (χ1n) is 11.0. The number of anilines is 1. The lowest BCUT2D eigenvalue weighted by molar-refractivity contribution is -0.137. The summed E-state index contributed by atoms with van der Waals surface area (Å²) in [5.74, 6) is 0.307. The van der Waals surface area contributed by atoms with Gasteiger partial charge in [-0.2, -0.15) is 13.2 Å². The van der Waals surface area contributed by atoms with E-state index in [1.165, 1.54) is 6.20 Å². The van der Waals surface area contributed by atoms with Crippen molar-refractivity contribution in [3.05, 3.63) is 35.5 Å². The largest absolute Gasteiger partial charge is 0.416 e. The minimum atomic E-state index is -4.40. The van der Waals surface area contributed by atoms with Crippen molar-refractivity contribution >= 4 is 11.7 Å². The Hall–Kier alpha value is -2.17. The Kier molecular flexibility index (Phi) is 7.02. The van der Waals surface area contributed by atoms with Crippen LogP contribution in [0.1, 0.15) is 24.8 Å². The van der Waals surface area contributed by atoms with Crippen molar-refractivity contribution in [1.82, 2.24) is 15.2 Å². The molecule has 0 radical (unpaired) electrons. The van der Waals surface area contributed by atoms with Crippen LogP contribution in [0.5, 0.6) is 0 Å². The van der Waals surface area contributed by atoms with Crippen molar-refractivity contribution in [3.63, 3.8) is 0 Å². The maximum atomic E-state index is 13.0. The molecule has 1 aliphatic carbocycles. The Morgan fingerprint density at radius 1 is 1.25 bits per heavy atom. The molecular weight excluding hydrogens is 425 g/mol. The average Bonchev–Trinajstić information content (AvgIpc) is 3.27. The predicted octanol–water partition coefficient (Wildman–Crippen LogP) is 2.23. The van der Waals surface area contributed by atoms with Gasteiger partial charge in [-0.1, -0.05) is 6.08 Å². The number of piperazine rings is 1. The average molecular weight is 454 g/mol. The fourth-order valence-electron chi connectivity index (χ4n) is 4.55. The van der Waals surface area contributed by atoms with Gasteiger partial charge in [0, 0.05) is 63.7 Å². The van der Waals surface area contributed by atoms with Gasteiger partial charge in [-0.25, -0.2) is 4.98 Å². The zero-order valence-electron chi connectivity index (χ0n) is 18.1. The van der Waals surface area contributed by atoms with E-state index in [1.54, 1.807) is 16.9 Å². The van der Waals surface area contributed by atoms with E-state index in [4.69, 9.17) is 9.47 Å². The molecule has 4 rings (SSSR count). The quantitative estimate of drug-likeness (QED) is 0.736. The second kappa shape index (κ2) is 9.76. The molecule has 3 atom stereocenters. The molecule has 176 valence electrons. The Morgan fingerprint density at radius 3 is 2.75 bits per heavy atom. The van der Waals surface area contributed by atoms with Gasteiger partial charge in [0.15, 0.2) is 0 Å². The van der Waals surface area contributed by atoms with E-state index in [9.17, 15) is 18.0 Å². The number of aromatic nitrogens is 1. The summed E-state index contributed by atoms with van der Waals surface area (Å²) in [7, 11) is 1.68. The fraction of sp³-hybridized carbons (Fsp3) is 0.636. The molecule has 2 fully saturated rings. The van der Waals surface area contributed by atoms with E-state index in [0.717, 1.165) is 30.5 Å². The lowest BCUT2D eigenvalue weighted by atomic mass is 10.0. The Balaban J connectivity index is 1.31. The van der Waals surface area contributed by atoms with Gasteiger partial charge in [-0.3, -0.25) is 4.79 Å². The molecule has 3 heterocycles. The number of amides is 1. The summed E-state index contributed by atoms with van der Waals surface area (Å²) in [6, 6.07) is 2.37. The molecule has 1 aromatic rings. The van der Waals surface area contributed by atoms with Gasteiger partial charge < -0.3 is 24.6 Å². The SMILES string of the molecule is COC1COCCC1N[C@H]1C=C(C(=O)N2CCN(c3cc(C(F)(F)F)ccn3)CC2)CC1. The van der Waals surface area contributed by atoms with Crippen molar-refractivity contribution in [2.45, 2.75) is 43.6 Å². The molecule has 1 aromatic heterocycles. The lowest BCUT2D eigenvalue weighted by Crippen LogP contribution is -2.50. The zero-order chi connectivity index (χ0) is 22.7. The van der Waals surface area contributed by atoms with Crippen molar-refractivity contribution in [1.29, 1.82) is 0 Å². The molecule has 7 nitrogen and oxygen atoms in total. The van der Waals surface area contributed by atoms with Gasteiger partial charge in [0.25, 0.3) is 0 Å². The molecule has 2 unspecified atom stereocenters. The summed E-state index contributed by atoms with van der Waals surface area (Å²) in [5, 5.41) is 3.59. The van der Waals surface area contributed by atoms with Gasteiger partial charge >= 0.3 is 6.18 Å². The molecule has 0 saturated carbocycles. The number of methoxy groups -OCH3 is 1. The molecule has 3 aliphatic rings. The summed E-state index contributed by atoms with van der Waals surface area (Å²) in [4.78, 5) is 20.7. The monoisotopic (exact) mass is 454 g/mol. The second-order valence-corrected chi connectivity index (χ2v) is 8.43. The number of nitrogens with zero attached hydrogens (tertiary/aromatic N) is 3. The van der Waals surface area contributed by atoms with Crippen LogP contribution in [0.2, 0.25) is 0 Å². The van der Waals surface area contributed by atoms with Crippen LogP contribution in [0, 0.1) is 0 Å². The summed E-state index contributed by atoms with van der Waals surface area (Å²) < 4.78 is 49.9. The predicted molar refractivity (Wildman–Crippen MR) is 112 cm³/mol. The second-order valence-electron chi connectivity index (χ2n) is 8.43. The normalized spacial score (nSPS) is 26.9. The first kappa shape index (κ1) is 23.0. The van der Waals surface area contributed by atoms with E-state index < -0.39 is 11.7 Å². The standard InChI is InChI=1S/C22H29F3N4O3/c1-31-19-14-32-11-5-18(19)27-17-3-2-15(12-17)21(30)29-9-7-28(8-10-29)20-13-16(4-6-26-20)22(23,24)25/h4,6,12-13,17-19,27H,2-3,5,7-11,14H2,1H3/t17-,18?,19?/m1/s1. The smallest absolute Gasteiger partial charge is 0.379 e. The molecule has 0 aromatic carbocycles. The Labute approximate surface area is 185 Å². The van der Waals surface area contributed by atoms with Crippen LogP contribution >= 0.6 is 0 Å². The van der Waals surface area contributed by atoms with E-state index in [2.05, 4.69) is 10.3 Å². The van der Waals surface area contributed by atoms with Crippen LogP contribution < -0.4 is 10.2 Å². The minimum absolute atomic E-state index is 0.00874. The van der Waals surface area contributed by atoms with E-state index in [0.29, 0.717) is 51.6 Å². The number of nitrogens with one attached hydrogen (secondary N) is 1. The third-order valence-electron chi connectivity index (χ3n) is 6.40. The zero-order valence-corrected chi connectivity index (χ0v) is 18.1. The van der Waals surface area contributed by atoms with Crippen LogP contribution in [-0.4, -0.2) is 80.5 Å². The van der Waals surface area contributed by atoms with Crippen LogP contribution in [0.3, 0.4) is 0 Å². The van der Waals surface area contributed by atoms with Gasteiger partial charge in [0.2, 0.25) is 5.91 Å². The number of halogens is 3. The van der Waals surface area contributed by atoms with Gasteiger partial charge in [0.1, 0.15) is 5.82 Å². The van der Waals surface area contributed by atoms with Gasteiger partial charge in [-0.15, -0.1) is 0 Å². The molecule has 0 bridgehead atoms. The molecule has 32 heavy (non-hydrogen) atoms. The molecule has 1 N–H and O–H groups in total. The lowest BCUT2D eigenvalue weighted by Gasteiger charge is -2.35. The molecule has 2 saturated heterocycles. The number of rotatable bonds is 5. The van der Waals surface area contributed by atoms with Crippen LogP contribution in [0.4, 0.5) is 19.0 Å². The number of carbonyl (C=O) groups excluding carboxylic acids is 1. The number of hydrogen-bond acceptors (Lipinski definition) is 6. The topological polar surface area (TPSA) is 66.9 Å². The highest BCUT2D eigenvalue weighted by molar-refractivity contribution is 5.94. The molecular formula is C22H29F3N4O3. The van der Waals surface area contributed by atoms with Crippen molar-refractivity contribution in [2.75, 3.05) is 51.4 Å². The molecule has 10 heteroatoms. The Morgan fingerprint density at radius 2 is 2.03 bits per heavy atom. The Bertz CT molecular complexity index is 840. The molecule has 0 spiro atoms. The summed E-state index contributed by atoms with van der Waals surface area (Å²) >= 11 is 0. The van der Waals surface area contributed by atoms with E-state index in [-0.39, 0.29) is 24.1 Å². The third-order valence-corrected chi connectivity index (χ3v) is 6.40. The highest BCUT2D eigenvalue weighted by Crippen LogP contribution is 2.31. The molecule has 1 amide bonds. The van der Waals surface area contributed by atoms with Crippen LogP contribution in [-0.2, 0) is 20.4 Å². The van der Waals surface area contributed by atoms with Gasteiger partial charge in [-0.05, 0) is 31.4 Å². The first-order valence-corrected chi connectivity index (χ1v) is 11.0. The summed E-state index contributed by atoms with van der Waals surface area (Å²) in [6.45, 7) is 3.08. The maximum Gasteiger partial charge on any atom is 0.416 e. The summed E-state index contributed by atoms with van der Waals surface area (Å²) in [6.07, 6.45) is 1.26. The van der Waals surface area contributed by atoms with Crippen molar-refractivity contribution < 1.29 is 27.4 Å². The number of ether oxygens (including phenoxy) is 2. The fourth-order valence-corrected chi connectivity index (χ4v) is 4.55. The maximum absolute atomic E-state index is 13.0.